The molecule has 0 bridgehead atoms. The van der Waals surface area contributed by atoms with Crippen LogP contribution in [-0.2, 0) is 13.0 Å². The van der Waals surface area contributed by atoms with Crippen LogP contribution < -0.4 is 11.1 Å². The summed E-state index contributed by atoms with van der Waals surface area (Å²) in [5.74, 6) is 0.474. The lowest BCUT2D eigenvalue weighted by molar-refractivity contribution is 0.847. The highest BCUT2D eigenvalue weighted by molar-refractivity contribution is 5.77. The van der Waals surface area contributed by atoms with Crippen molar-refractivity contribution in [2.24, 2.45) is 10.7 Å². The summed E-state index contributed by atoms with van der Waals surface area (Å²) in [6.07, 6.45) is 4.61. The Morgan fingerprint density at radius 3 is 2.50 bits per heavy atom. The SMILES string of the molecule is NC(=NCc1ccc(-n2cccn2)cc1)NCCc1ccccc1. The molecule has 1 heterocycles. The lowest BCUT2D eigenvalue weighted by Gasteiger charge is -2.06. The second kappa shape index (κ2) is 7.97. The van der Waals surface area contributed by atoms with Crippen molar-refractivity contribution in [3.63, 3.8) is 0 Å². The molecule has 0 aliphatic carbocycles. The Morgan fingerprint density at radius 1 is 1.00 bits per heavy atom. The van der Waals surface area contributed by atoms with Crippen LogP contribution in [0.3, 0.4) is 0 Å². The number of aromatic nitrogens is 2. The number of guanidine groups is 1. The molecule has 0 fully saturated rings. The molecule has 0 spiro atoms. The average Bonchev–Trinajstić information content (AvgIpc) is 3.16. The number of nitrogens with one attached hydrogen (secondary N) is 1. The summed E-state index contributed by atoms with van der Waals surface area (Å²) in [4.78, 5) is 4.38. The highest BCUT2D eigenvalue weighted by Crippen LogP contribution is 2.09. The summed E-state index contributed by atoms with van der Waals surface area (Å²) in [5.41, 5.74) is 9.34. The van der Waals surface area contributed by atoms with Crippen LogP contribution in [0, 0.1) is 0 Å². The van der Waals surface area contributed by atoms with Gasteiger partial charge in [-0.05, 0) is 35.7 Å². The summed E-state index contributed by atoms with van der Waals surface area (Å²) >= 11 is 0. The molecule has 3 aromatic rings. The molecule has 1 aromatic heterocycles. The van der Waals surface area contributed by atoms with Crippen molar-refractivity contribution in [3.8, 4) is 5.69 Å². The van der Waals surface area contributed by atoms with E-state index >= 15 is 0 Å². The lowest BCUT2D eigenvalue weighted by Crippen LogP contribution is -2.33. The molecule has 0 unspecified atom stereocenters. The minimum Gasteiger partial charge on any atom is -0.370 e. The van der Waals surface area contributed by atoms with Gasteiger partial charge < -0.3 is 11.1 Å². The van der Waals surface area contributed by atoms with Crippen molar-refractivity contribution in [2.45, 2.75) is 13.0 Å². The van der Waals surface area contributed by atoms with Crippen LogP contribution >= 0.6 is 0 Å². The third kappa shape index (κ3) is 4.46. The minimum absolute atomic E-state index is 0.474. The molecule has 24 heavy (non-hydrogen) atoms. The molecule has 0 amide bonds. The van der Waals surface area contributed by atoms with E-state index in [4.69, 9.17) is 5.73 Å². The van der Waals surface area contributed by atoms with Gasteiger partial charge >= 0.3 is 0 Å². The van der Waals surface area contributed by atoms with E-state index in [-0.39, 0.29) is 0 Å². The van der Waals surface area contributed by atoms with Gasteiger partial charge in [-0.15, -0.1) is 0 Å². The van der Waals surface area contributed by atoms with Crippen molar-refractivity contribution >= 4 is 5.96 Å². The highest BCUT2D eigenvalue weighted by atomic mass is 15.3. The number of benzene rings is 2. The van der Waals surface area contributed by atoms with Gasteiger partial charge in [-0.1, -0.05) is 42.5 Å². The molecular formula is C19H21N5. The normalized spacial score (nSPS) is 11.4. The maximum atomic E-state index is 5.92. The van der Waals surface area contributed by atoms with Gasteiger partial charge in [0, 0.05) is 18.9 Å². The lowest BCUT2D eigenvalue weighted by atomic mass is 10.1. The second-order valence-electron chi connectivity index (χ2n) is 5.48. The van der Waals surface area contributed by atoms with E-state index in [1.54, 1.807) is 6.20 Å². The van der Waals surface area contributed by atoms with Crippen LogP contribution in [0.4, 0.5) is 0 Å². The van der Waals surface area contributed by atoms with E-state index in [0.717, 1.165) is 24.2 Å². The topological polar surface area (TPSA) is 68.2 Å². The highest BCUT2D eigenvalue weighted by Gasteiger charge is 1.98. The molecule has 3 N–H and O–H groups in total. The fraction of sp³-hybridized carbons (Fsp3) is 0.158. The number of hydrogen-bond donors (Lipinski definition) is 2. The quantitative estimate of drug-likeness (QED) is 0.542. The van der Waals surface area contributed by atoms with Gasteiger partial charge in [0.05, 0.1) is 12.2 Å². The van der Waals surface area contributed by atoms with Gasteiger partial charge in [0.1, 0.15) is 0 Å². The van der Waals surface area contributed by atoms with Crippen LogP contribution in [0.1, 0.15) is 11.1 Å². The summed E-state index contributed by atoms with van der Waals surface area (Å²) in [7, 11) is 0. The first-order valence-corrected chi connectivity index (χ1v) is 7.98. The van der Waals surface area contributed by atoms with E-state index in [9.17, 15) is 0 Å². The van der Waals surface area contributed by atoms with E-state index in [1.807, 2.05) is 59.4 Å². The van der Waals surface area contributed by atoms with Gasteiger partial charge in [-0.3, -0.25) is 0 Å². The van der Waals surface area contributed by atoms with Crippen molar-refractivity contribution in [2.75, 3.05) is 6.54 Å². The zero-order valence-electron chi connectivity index (χ0n) is 13.5. The first kappa shape index (κ1) is 15.8. The van der Waals surface area contributed by atoms with E-state index in [0.29, 0.717) is 12.5 Å². The molecule has 0 radical (unpaired) electrons. The van der Waals surface area contributed by atoms with Crippen LogP contribution in [-0.4, -0.2) is 22.3 Å². The third-order valence-electron chi connectivity index (χ3n) is 3.70. The maximum absolute atomic E-state index is 5.92. The van der Waals surface area contributed by atoms with E-state index in [1.165, 1.54) is 5.56 Å². The van der Waals surface area contributed by atoms with Gasteiger partial charge in [0.25, 0.3) is 0 Å². The van der Waals surface area contributed by atoms with Gasteiger partial charge in [-0.2, -0.15) is 5.10 Å². The molecule has 5 heteroatoms. The Balaban J connectivity index is 1.48. The van der Waals surface area contributed by atoms with Crippen LogP contribution in [0.5, 0.6) is 0 Å². The van der Waals surface area contributed by atoms with Crippen molar-refractivity contribution in [3.05, 3.63) is 84.2 Å². The van der Waals surface area contributed by atoms with E-state index < -0.39 is 0 Å². The Hall–Kier alpha value is -3.08. The summed E-state index contributed by atoms with van der Waals surface area (Å²) in [6, 6.07) is 20.3. The Kier molecular flexibility index (Phi) is 5.24. The average molecular weight is 319 g/mol. The zero-order valence-corrected chi connectivity index (χ0v) is 13.5. The Morgan fingerprint density at radius 2 is 1.79 bits per heavy atom. The van der Waals surface area contributed by atoms with Crippen LogP contribution in [0.25, 0.3) is 5.69 Å². The number of nitrogens with zero attached hydrogens (tertiary/aromatic N) is 3. The number of rotatable bonds is 6. The molecule has 122 valence electrons. The summed E-state index contributed by atoms with van der Waals surface area (Å²) in [5, 5.41) is 7.36. The summed E-state index contributed by atoms with van der Waals surface area (Å²) in [6.45, 7) is 1.33. The van der Waals surface area contributed by atoms with Gasteiger partial charge in [0.2, 0.25) is 0 Å². The van der Waals surface area contributed by atoms with Crippen molar-refractivity contribution in [1.29, 1.82) is 0 Å². The first-order valence-electron chi connectivity index (χ1n) is 7.98. The number of hydrogen-bond acceptors (Lipinski definition) is 2. The molecule has 0 saturated heterocycles. The third-order valence-corrected chi connectivity index (χ3v) is 3.70. The predicted molar refractivity (Wildman–Crippen MR) is 97.0 cm³/mol. The first-order chi connectivity index (χ1) is 11.8. The number of nitrogens with two attached hydrogens (primary N) is 1. The van der Waals surface area contributed by atoms with E-state index in [2.05, 4.69) is 27.5 Å². The monoisotopic (exact) mass is 319 g/mol. The number of aliphatic imine (C=N–C) groups is 1. The van der Waals surface area contributed by atoms with Gasteiger partial charge in [0.15, 0.2) is 5.96 Å². The Bertz CT molecular complexity index is 761. The fourth-order valence-corrected chi connectivity index (χ4v) is 2.39. The zero-order chi connectivity index (χ0) is 16.6. The smallest absolute Gasteiger partial charge is 0.188 e. The minimum atomic E-state index is 0.474. The molecule has 0 saturated carbocycles. The molecule has 0 aliphatic rings. The maximum Gasteiger partial charge on any atom is 0.188 e. The van der Waals surface area contributed by atoms with Crippen molar-refractivity contribution in [1.82, 2.24) is 15.1 Å². The molecular weight excluding hydrogens is 298 g/mol. The molecule has 5 nitrogen and oxygen atoms in total. The Labute approximate surface area is 141 Å². The second-order valence-corrected chi connectivity index (χ2v) is 5.48. The molecule has 0 aliphatic heterocycles. The summed E-state index contributed by atoms with van der Waals surface area (Å²) < 4.78 is 1.83. The van der Waals surface area contributed by atoms with Crippen LogP contribution in [0.15, 0.2) is 78.0 Å². The van der Waals surface area contributed by atoms with Gasteiger partial charge in [-0.25, -0.2) is 9.67 Å². The van der Waals surface area contributed by atoms with Crippen LogP contribution in [0.2, 0.25) is 0 Å². The standard InChI is InChI=1S/C19H21N5/c20-19(21-13-11-16-5-2-1-3-6-16)22-15-17-7-9-18(10-8-17)24-14-4-12-23-24/h1-10,12,14H,11,13,15H2,(H3,20,21,22). The fourth-order valence-electron chi connectivity index (χ4n) is 2.39. The predicted octanol–water partition coefficient (Wildman–Crippen LogP) is 2.52. The molecule has 2 aromatic carbocycles. The molecule has 3 rings (SSSR count). The largest absolute Gasteiger partial charge is 0.370 e. The molecule has 0 atom stereocenters. The van der Waals surface area contributed by atoms with Crippen molar-refractivity contribution < 1.29 is 0 Å².